The summed E-state index contributed by atoms with van der Waals surface area (Å²) in [5, 5.41) is 7.79. The summed E-state index contributed by atoms with van der Waals surface area (Å²) in [5.74, 6) is -1.29. The van der Waals surface area contributed by atoms with Crippen molar-refractivity contribution in [3.63, 3.8) is 0 Å². The Hall–Kier alpha value is -2.93. The number of epoxide rings is 1. The van der Waals surface area contributed by atoms with Gasteiger partial charge in [0.15, 0.2) is 12.2 Å². The lowest BCUT2D eigenvalue weighted by atomic mass is 10.0. The monoisotopic (exact) mass is 398 g/mol. The summed E-state index contributed by atoms with van der Waals surface area (Å²) in [4.78, 5) is 36.6. The normalized spacial score (nSPS) is 18.7. The second kappa shape index (κ2) is 9.52. The van der Waals surface area contributed by atoms with Gasteiger partial charge in [0, 0.05) is 6.54 Å². The molecule has 7 nitrogen and oxygen atoms in total. The quantitative estimate of drug-likeness (QED) is 0.498. The molecule has 0 spiro atoms. The zero-order chi connectivity index (χ0) is 20.8. The van der Waals surface area contributed by atoms with Crippen LogP contribution >= 0.6 is 0 Å². The molecule has 1 unspecified atom stereocenters. The number of nitrogens with one attached hydrogen (secondary N) is 2. The first-order valence-electron chi connectivity index (χ1n) is 9.92. The predicted octanol–water partition coefficient (Wildman–Crippen LogP) is 2.07. The molecule has 0 saturated carbocycles. The van der Waals surface area contributed by atoms with E-state index in [1.807, 2.05) is 49.4 Å². The molecule has 1 aliphatic rings. The van der Waals surface area contributed by atoms with E-state index >= 15 is 0 Å². The van der Waals surface area contributed by atoms with Crippen molar-refractivity contribution >= 4 is 28.6 Å². The number of rotatable bonds is 9. The largest absolute Gasteiger partial charge is 0.464 e. The van der Waals surface area contributed by atoms with Gasteiger partial charge in [-0.2, -0.15) is 0 Å². The molecule has 0 aliphatic carbocycles. The molecule has 0 aromatic heterocycles. The molecule has 2 aromatic carbocycles. The maximum Gasteiger partial charge on any atom is 0.338 e. The molecule has 2 amide bonds. The minimum absolute atomic E-state index is 0.224. The highest BCUT2D eigenvalue weighted by Crippen LogP contribution is 2.24. The molecule has 154 valence electrons. The van der Waals surface area contributed by atoms with Crippen LogP contribution in [0, 0.1) is 0 Å². The fraction of sp³-hybridized carbons (Fsp3) is 0.409. The number of benzene rings is 2. The van der Waals surface area contributed by atoms with Gasteiger partial charge in [0.1, 0.15) is 6.04 Å². The highest BCUT2D eigenvalue weighted by molar-refractivity contribution is 5.95. The summed E-state index contributed by atoms with van der Waals surface area (Å²) < 4.78 is 9.96. The second-order valence-electron chi connectivity index (χ2n) is 6.94. The number of hydrogen-bond acceptors (Lipinski definition) is 5. The van der Waals surface area contributed by atoms with Crippen LogP contribution in [0.25, 0.3) is 10.8 Å². The third-order valence-electron chi connectivity index (χ3n) is 4.81. The fourth-order valence-corrected chi connectivity index (χ4v) is 3.28. The molecule has 0 bridgehead atoms. The summed E-state index contributed by atoms with van der Waals surface area (Å²) in [6.07, 6.45) is -0.557. The molecule has 7 heteroatoms. The van der Waals surface area contributed by atoms with Crippen LogP contribution < -0.4 is 10.6 Å². The third kappa shape index (κ3) is 5.12. The van der Waals surface area contributed by atoms with Crippen LogP contribution in [-0.2, 0) is 30.4 Å². The van der Waals surface area contributed by atoms with Gasteiger partial charge in [-0.1, -0.05) is 55.8 Å². The van der Waals surface area contributed by atoms with Gasteiger partial charge in [0.05, 0.1) is 6.61 Å². The van der Waals surface area contributed by atoms with Gasteiger partial charge in [-0.15, -0.1) is 0 Å². The molecule has 1 fully saturated rings. The van der Waals surface area contributed by atoms with E-state index in [2.05, 4.69) is 10.6 Å². The number of fused-ring (bicyclic) bond motifs is 1. The summed E-state index contributed by atoms with van der Waals surface area (Å²) in [5.41, 5.74) is 1.01. The number of amides is 2. The van der Waals surface area contributed by atoms with Crippen LogP contribution in [0.2, 0.25) is 0 Å². The number of esters is 1. The molecule has 3 atom stereocenters. The number of ether oxygens (including phenoxy) is 2. The van der Waals surface area contributed by atoms with Crippen molar-refractivity contribution in [3.8, 4) is 0 Å². The maximum absolute atomic E-state index is 12.7. The maximum atomic E-state index is 12.7. The summed E-state index contributed by atoms with van der Waals surface area (Å²) in [7, 11) is 0. The first-order valence-corrected chi connectivity index (χ1v) is 9.92. The molecule has 29 heavy (non-hydrogen) atoms. The van der Waals surface area contributed by atoms with Crippen molar-refractivity contribution in [1.82, 2.24) is 10.6 Å². The van der Waals surface area contributed by atoms with Gasteiger partial charge >= 0.3 is 5.97 Å². The second-order valence-corrected chi connectivity index (χ2v) is 6.94. The molecule has 0 radical (unpaired) electrons. The molecule has 2 aromatic rings. The average molecular weight is 398 g/mol. The van der Waals surface area contributed by atoms with E-state index in [0.717, 1.165) is 22.8 Å². The summed E-state index contributed by atoms with van der Waals surface area (Å²) in [6, 6.07) is 13.2. The van der Waals surface area contributed by atoms with E-state index in [0.29, 0.717) is 13.0 Å². The summed E-state index contributed by atoms with van der Waals surface area (Å²) >= 11 is 0. The van der Waals surface area contributed by atoms with Crippen molar-refractivity contribution in [1.29, 1.82) is 0 Å². The van der Waals surface area contributed by atoms with Crippen LogP contribution in [0.15, 0.2) is 42.5 Å². The fourth-order valence-electron chi connectivity index (χ4n) is 3.28. The first kappa shape index (κ1) is 20.8. The van der Waals surface area contributed by atoms with E-state index < -0.39 is 30.1 Å². The predicted molar refractivity (Wildman–Crippen MR) is 108 cm³/mol. The average Bonchev–Trinajstić information content (AvgIpc) is 3.53. The van der Waals surface area contributed by atoms with E-state index in [9.17, 15) is 14.4 Å². The Bertz CT molecular complexity index is 892. The molecule has 3 rings (SSSR count). The molecular weight excluding hydrogens is 372 g/mol. The Morgan fingerprint density at radius 2 is 1.83 bits per heavy atom. The van der Waals surface area contributed by atoms with Crippen molar-refractivity contribution in [2.45, 2.75) is 51.5 Å². The molecule has 1 heterocycles. The molecular formula is C22H26N2O5. The van der Waals surface area contributed by atoms with Crippen LogP contribution in [0.5, 0.6) is 0 Å². The SMILES string of the molecule is CCC[C@H](NC(=O)C1O[C@H]1C(=O)OCC)C(=O)NCc1cccc2ccccc12. The minimum atomic E-state index is -0.890. The van der Waals surface area contributed by atoms with Crippen LogP contribution in [0.3, 0.4) is 0 Å². The highest BCUT2D eigenvalue weighted by Gasteiger charge is 2.52. The van der Waals surface area contributed by atoms with E-state index in [4.69, 9.17) is 9.47 Å². The van der Waals surface area contributed by atoms with Crippen molar-refractivity contribution in [2.75, 3.05) is 6.61 Å². The Morgan fingerprint density at radius 1 is 1.07 bits per heavy atom. The van der Waals surface area contributed by atoms with Crippen molar-refractivity contribution < 1.29 is 23.9 Å². The van der Waals surface area contributed by atoms with Gasteiger partial charge < -0.3 is 20.1 Å². The Morgan fingerprint density at radius 3 is 2.59 bits per heavy atom. The molecule has 1 aliphatic heterocycles. The third-order valence-corrected chi connectivity index (χ3v) is 4.81. The van der Waals surface area contributed by atoms with Gasteiger partial charge in [-0.05, 0) is 29.7 Å². The Labute approximate surface area is 169 Å². The van der Waals surface area contributed by atoms with Crippen LogP contribution in [0.1, 0.15) is 32.3 Å². The van der Waals surface area contributed by atoms with E-state index in [1.165, 1.54) is 0 Å². The lowest BCUT2D eigenvalue weighted by molar-refractivity contribution is -0.144. The Kier molecular flexibility index (Phi) is 6.82. The topological polar surface area (TPSA) is 97.0 Å². The van der Waals surface area contributed by atoms with E-state index in [-0.39, 0.29) is 12.5 Å². The zero-order valence-electron chi connectivity index (χ0n) is 16.6. The smallest absolute Gasteiger partial charge is 0.338 e. The van der Waals surface area contributed by atoms with Crippen LogP contribution in [-0.4, -0.2) is 42.6 Å². The summed E-state index contributed by atoms with van der Waals surface area (Å²) in [6.45, 7) is 4.21. The van der Waals surface area contributed by atoms with Gasteiger partial charge in [-0.25, -0.2) is 4.79 Å². The van der Waals surface area contributed by atoms with E-state index in [1.54, 1.807) is 6.92 Å². The lowest BCUT2D eigenvalue weighted by Gasteiger charge is -2.18. The standard InChI is InChI=1S/C22H26N2O5/c1-3-8-17(24-21(26)18-19(29-18)22(27)28-4-2)20(25)23-13-15-11-7-10-14-9-5-6-12-16(14)15/h5-7,9-12,17-19H,3-4,8,13H2,1-2H3,(H,23,25)(H,24,26)/t17-,18?,19+/m0/s1. The van der Waals surface area contributed by atoms with Crippen molar-refractivity contribution in [3.05, 3.63) is 48.0 Å². The number of carbonyl (C=O) groups excluding carboxylic acids is 3. The highest BCUT2D eigenvalue weighted by atomic mass is 16.6. The van der Waals surface area contributed by atoms with Crippen LogP contribution in [0.4, 0.5) is 0 Å². The van der Waals surface area contributed by atoms with Gasteiger partial charge in [0.2, 0.25) is 5.91 Å². The van der Waals surface area contributed by atoms with Gasteiger partial charge in [-0.3, -0.25) is 9.59 Å². The van der Waals surface area contributed by atoms with Gasteiger partial charge in [0.25, 0.3) is 5.91 Å². The number of hydrogen-bond donors (Lipinski definition) is 2. The van der Waals surface area contributed by atoms with Crippen molar-refractivity contribution in [2.24, 2.45) is 0 Å². The number of carbonyl (C=O) groups is 3. The first-order chi connectivity index (χ1) is 14.0. The molecule has 1 saturated heterocycles. The zero-order valence-corrected chi connectivity index (χ0v) is 16.6. The molecule has 2 N–H and O–H groups in total. The minimum Gasteiger partial charge on any atom is -0.464 e. The lowest BCUT2D eigenvalue weighted by Crippen LogP contribution is -2.48. The Balaban J connectivity index is 1.58.